The number of nitrogens with zero attached hydrogens (tertiary/aromatic N) is 3. The number of piperidine rings is 1. The van der Waals surface area contributed by atoms with E-state index in [0.717, 1.165) is 43.1 Å². The van der Waals surface area contributed by atoms with Gasteiger partial charge < -0.3 is 19.4 Å². The first-order valence-corrected chi connectivity index (χ1v) is 9.15. The van der Waals surface area contributed by atoms with E-state index in [4.69, 9.17) is 9.15 Å². The zero-order chi connectivity index (χ0) is 19.2. The highest BCUT2D eigenvalue weighted by Crippen LogP contribution is 2.20. The predicted molar refractivity (Wildman–Crippen MR) is 119 cm³/mol. The molecule has 0 atom stereocenters. The molecular weight excluding hydrogens is 471 g/mol. The summed E-state index contributed by atoms with van der Waals surface area (Å²) in [6, 6.07) is 8.08. The molecule has 8 heteroatoms. The normalized spacial score (nSPS) is 15.1. The highest BCUT2D eigenvalue weighted by Gasteiger charge is 2.27. The molecule has 1 aromatic carbocycles. The Bertz CT molecular complexity index is 796. The Hall–Kier alpha value is -2.10. The number of carbonyl (C=O) groups excluding carboxylic acids is 1. The zero-order valence-corrected chi connectivity index (χ0v) is 18.8. The molecule has 28 heavy (non-hydrogen) atoms. The summed E-state index contributed by atoms with van der Waals surface area (Å²) < 4.78 is 10.4. The van der Waals surface area contributed by atoms with Gasteiger partial charge in [-0.3, -0.25) is 9.79 Å². The number of hydrogen-bond acceptors (Lipinski definition) is 5. The molecule has 3 rings (SSSR count). The molecule has 2 heterocycles. The summed E-state index contributed by atoms with van der Waals surface area (Å²) in [5, 5.41) is 3.32. The number of nitrogens with one attached hydrogen (secondary N) is 1. The van der Waals surface area contributed by atoms with Crippen LogP contribution in [0, 0.1) is 12.8 Å². The van der Waals surface area contributed by atoms with Gasteiger partial charge in [-0.15, -0.1) is 24.0 Å². The van der Waals surface area contributed by atoms with Crippen LogP contribution in [0.5, 0.6) is 0 Å². The quantitative estimate of drug-likeness (QED) is 0.302. The molecule has 1 N–H and O–H groups in total. The Labute approximate surface area is 182 Å². The second kappa shape index (κ2) is 10.4. The molecule has 1 aromatic heterocycles. The second-order valence-electron chi connectivity index (χ2n) is 6.70. The lowest BCUT2D eigenvalue weighted by atomic mass is 9.97. The molecule has 0 aliphatic carbocycles. The van der Waals surface area contributed by atoms with Gasteiger partial charge in [0.05, 0.1) is 25.3 Å². The third-order valence-corrected chi connectivity index (χ3v) is 4.82. The molecule has 0 spiro atoms. The van der Waals surface area contributed by atoms with Gasteiger partial charge in [-0.05, 0) is 31.9 Å². The lowest BCUT2D eigenvalue weighted by Crippen LogP contribution is -2.46. The van der Waals surface area contributed by atoms with Gasteiger partial charge in [-0.1, -0.05) is 17.7 Å². The number of aryl methyl sites for hydroxylation is 1. The molecule has 0 amide bonds. The molecule has 1 fully saturated rings. The standard InChI is InChI=1S/C20H26N4O3.HI/c1-14-4-6-15(7-5-14)18-23-17(13-27-18)12-22-20(21-2)24-10-8-16(9-11-24)19(25)26-3;/h4-7,13,16H,8-12H2,1-3H3,(H,21,22);1H. The van der Waals surface area contributed by atoms with Gasteiger partial charge in [0.15, 0.2) is 5.96 Å². The predicted octanol–water partition coefficient (Wildman–Crippen LogP) is 3.23. The van der Waals surface area contributed by atoms with Gasteiger partial charge >= 0.3 is 5.97 Å². The van der Waals surface area contributed by atoms with Gasteiger partial charge in [0.25, 0.3) is 0 Å². The fourth-order valence-corrected chi connectivity index (χ4v) is 3.21. The van der Waals surface area contributed by atoms with Gasteiger partial charge in [-0.25, -0.2) is 4.98 Å². The maximum absolute atomic E-state index is 11.7. The highest BCUT2D eigenvalue weighted by atomic mass is 127. The van der Waals surface area contributed by atoms with Crippen molar-refractivity contribution in [2.75, 3.05) is 27.2 Å². The summed E-state index contributed by atoms with van der Waals surface area (Å²) in [4.78, 5) is 22.7. The van der Waals surface area contributed by atoms with E-state index in [9.17, 15) is 4.79 Å². The monoisotopic (exact) mass is 498 g/mol. The van der Waals surface area contributed by atoms with Crippen molar-refractivity contribution in [1.29, 1.82) is 0 Å². The molecule has 7 nitrogen and oxygen atoms in total. The molecular formula is C20H27IN4O3. The fourth-order valence-electron chi connectivity index (χ4n) is 3.21. The number of benzene rings is 1. The van der Waals surface area contributed by atoms with Gasteiger partial charge in [-0.2, -0.15) is 0 Å². The fraction of sp³-hybridized carbons (Fsp3) is 0.450. The second-order valence-corrected chi connectivity index (χ2v) is 6.70. The van der Waals surface area contributed by atoms with Crippen LogP contribution in [0.25, 0.3) is 11.5 Å². The van der Waals surface area contributed by atoms with Gasteiger partial charge in [0, 0.05) is 25.7 Å². The van der Waals surface area contributed by atoms with Crippen LogP contribution in [0.3, 0.4) is 0 Å². The molecule has 0 bridgehead atoms. The molecule has 152 valence electrons. The Balaban J connectivity index is 0.00000280. The van der Waals surface area contributed by atoms with E-state index in [2.05, 4.69) is 20.2 Å². The summed E-state index contributed by atoms with van der Waals surface area (Å²) in [6.07, 6.45) is 3.21. The number of aromatic nitrogens is 1. The SMILES string of the molecule is CN=C(NCc1coc(-c2ccc(C)cc2)n1)N1CCC(C(=O)OC)CC1.I. The largest absolute Gasteiger partial charge is 0.469 e. The number of esters is 1. The van der Waals surface area contributed by atoms with Crippen molar-refractivity contribution in [3.63, 3.8) is 0 Å². The zero-order valence-electron chi connectivity index (χ0n) is 16.5. The Morgan fingerprint density at radius 2 is 2.00 bits per heavy atom. The number of aliphatic imine (C=N–C) groups is 1. The van der Waals surface area contributed by atoms with Crippen LogP contribution in [0.2, 0.25) is 0 Å². The van der Waals surface area contributed by atoms with Crippen LogP contribution in [0.15, 0.2) is 39.9 Å². The van der Waals surface area contributed by atoms with Gasteiger partial charge in [0.1, 0.15) is 6.26 Å². The molecule has 0 saturated carbocycles. The van der Waals surface area contributed by atoms with Crippen molar-refractivity contribution in [3.05, 3.63) is 41.8 Å². The van der Waals surface area contributed by atoms with Gasteiger partial charge in [0.2, 0.25) is 5.89 Å². The minimum Gasteiger partial charge on any atom is -0.469 e. The Kier molecular flexibility index (Phi) is 8.28. The molecule has 1 aliphatic rings. The molecule has 1 aliphatic heterocycles. The summed E-state index contributed by atoms with van der Waals surface area (Å²) in [6.45, 7) is 4.12. The van der Waals surface area contributed by atoms with E-state index in [0.29, 0.717) is 12.4 Å². The third-order valence-electron chi connectivity index (χ3n) is 4.82. The first-order valence-electron chi connectivity index (χ1n) is 9.15. The first-order chi connectivity index (χ1) is 13.1. The number of ether oxygens (including phenoxy) is 1. The first kappa shape index (κ1) is 22.2. The van der Waals surface area contributed by atoms with Crippen molar-refractivity contribution < 1.29 is 13.9 Å². The van der Waals surface area contributed by atoms with Crippen LogP contribution in [-0.4, -0.2) is 49.1 Å². The average molecular weight is 498 g/mol. The molecule has 2 aromatic rings. The number of hydrogen-bond donors (Lipinski definition) is 1. The number of methoxy groups -OCH3 is 1. The average Bonchev–Trinajstić information content (AvgIpc) is 3.18. The lowest BCUT2D eigenvalue weighted by molar-refractivity contribution is -0.146. The summed E-state index contributed by atoms with van der Waals surface area (Å²) in [5.41, 5.74) is 2.98. The van der Waals surface area contributed by atoms with E-state index in [1.165, 1.54) is 12.7 Å². The number of guanidine groups is 1. The number of likely N-dealkylation sites (tertiary alicyclic amines) is 1. The minimum absolute atomic E-state index is 0. The topological polar surface area (TPSA) is 80.0 Å². The summed E-state index contributed by atoms with van der Waals surface area (Å²) >= 11 is 0. The number of oxazole rings is 1. The number of rotatable bonds is 4. The van der Waals surface area contributed by atoms with E-state index >= 15 is 0 Å². The van der Waals surface area contributed by atoms with E-state index in [1.807, 2.05) is 31.2 Å². The van der Waals surface area contributed by atoms with Crippen molar-refractivity contribution in [1.82, 2.24) is 15.2 Å². The van der Waals surface area contributed by atoms with Crippen LogP contribution in [0.1, 0.15) is 24.1 Å². The summed E-state index contributed by atoms with van der Waals surface area (Å²) in [5.74, 6) is 1.28. The van der Waals surface area contributed by atoms with Crippen LogP contribution >= 0.6 is 24.0 Å². The van der Waals surface area contributed by atoms with Crippen molar-refractivity contribution in [2.24, 2.45) is 10.9 Å². The van der Waals surface area contributed by atoms with Crippen LogP contribution in [-0.2, 0) is 16.1 Å². The van der Waals surface area contributed by atoms with Crippen molar-refractivity contribution >= 4 is 35.9 Å². The number of carbonyl (C=O) groups is 1. The summed E-state index contributed by atoms with van der Waals surface area (Å²) in [7, 11) is 3.20. The van der Waals surface area contributed by atoms with E-state index in [-0.39, 0.29) is 35.9 Å². The molecule has 0 unspecified atom stereocenters. The molecule has 1 saturated heterocycles. The third kappa shape index (κ3) is 5.46. The Morgan fingerprint density at radius 3 is 2.61 bits per heavy atom. The minimum atomic E-state index is -0.121. The van der Waals surface area contributed by atoms with E-state index < -0.39 is 0 Å². The van der Waals surface area contributed by atoms with Crippen LogP contribution in [0.4, 0.5) is 0 Å². The van der Waals surface area contributed by atoms with Crippen LogP contribution < -0.4 is 5.32 Å². The number of halogens is 1. The highest BCUT2D eigenvalue weighted by molar-refractivity contribution is 14.0. The van der Waals surface area contributed by atoms with E-state index in [1.54, 1.807) is 13.3 Å². The molecule has 0 radical (unpaired) electrons. The Morgan fingerprint density at radius 1 is 1.32 bits per heavy atom. The lowest BCUT2D eigenvalue weighted by Gasteiger charge is -2.33. The smallest absolute Gasteiger partial charge is 0.308 e. The maximum atomic E-state index is 11.7. The van der Waals surface area contributed by atoms with Crippen molar-refractivity contribution in [2.45, 2.75) is 26.3 Å². The van der Waals surface area contributed by atoms with Crippen molar-refractivity contribution in [3.8, 4) is 11.5 Å². The maximum Gasteiger partial charge on any atom is 0.308 e.